The van der Waals surface area contributed by atoms with Gasteiger partial charge in [0.1, 0.15) is 5.75 Å². The number of carbonyl (C=O) groups is 1. The summed E-state index contributed by atoms with van der Waals surface area (Å²) in [5, 5.41) is 5.02. The van der Waals surface area contributed by atoms with Gasteiger partial charge in [-0.2, -0.15) is 5.10 Å². The Labute approximate surface area is 200 Å². The van der Waals surface area contributed by atoms with E-state index in [0.717, 1.165) is 33.5 Å². The summed E-state index contributed by atoms with van der Waals surface area (Å²) in [5.41, 5.74) is 8.09. The number of aromatic nitrogens is 1. The van der Waals surface area contributed by atoms with Crippen LogP contribution < -0.4 is 10.2 Å². The third-order valence-electron chi connectivity index (χ3n) is 5.94. The van der Waals surface area contributed by atoms with Gasteiger partial charge in [0, 0.05) is 23.1 Å². The van der Waals surface area contributed by atoms with Gasteiger partial charge in [0.2, 0.25) is 0 Å². The number of nitrogens with one attached hydrogen (secondary N) is 1. The standard InChI is InChI=1S/C29H29N3O2/c1-19(2)21-9-11-23(12-10-21)28-17-26(25-7-5-6-8-27(25)31-28)29(33)32-30-18-20(3)22-13-15-24(34-4)16-14-22/h5-20H,1-4H3,(H,32,33). The summed E-state index contributed by atoms with van der Waals surface area (Å²) < 4.78 is 5.21. The number of nitrogens with zero attached hydrogens (tertiary/aromatic N) is 2. The van der Waals surface area contributed by atoms with Crippen molar-refractivity contribution in [1.29, 1.82) is 0 Å². The van der Waals surface area contributed by atoms with Gasteiger partial charge in [-0.05, 0) is 41.3 Å². The number of ether oxygens (including phenoxy) is 1. The van der Waals surface area contributed by atoms with E-state index < -0.39 is 0 Å². The first kappa shape index (κ1) is 23.2. The average molecular weight is 452 g/mol. The van der Waals surface area contributed by atoms with Crippen LogP contribution >= 0.6 is 0 Å². The summed E-state index contributed by atoms with van der Waals surface area (Å²) in [5.74, 6) is 1.03. The normalized spacial score (nSPS) is 12.3. The van der Waals surface area contributed by atoms with E-state index >= 15 is 0 Å². The molecule has 1 N–H and O–H groups in total. The number of hydrogen-bond donors (Lipinski definition) is 1. The third-order valence-corrected chi connectivity index (χ3v) is 5.94. The van der Waals surface area contributed by atoms with Crippen molar-refractivity contribution in [1.82, 2.24) is 10.4 Å². The Bertz CT molecular complexity index is 1310. The summed E-state index contributed by atoms with van der Waals surface area (Å²) in [6, 6.07) is 25.7. The summed E-state index contributed by atoms with van der Waals surface area (Å²) >= 11 is 0. The van der Waals surface area contributed by atoms with Gasteiger partial charge in [0.05, 0.1) is 23.9 Å². The van der Waals surface area contributed by atoms with Crippen molar-refractivity contribution in [2.24, 2.45) is 5.10 Å². The number of hydrazone groups is 1. The van der Waals surface area contributed by atoms with E-state index in [1.165, 1.54) is 5.56 Å². The Kier molecular flexibility index (Phi) is 7.02. The molecule has 5 nitrogen and oxygen atoms in total. The van der Waals surface area contributed by atoms with Gasteiger partial charge < -0.3 is 4.74 Å². The van der Waals surface area contributed by atoms with Crippen molar-refractivity contribution < 1.29 is 9.53 Å². The molecule has 1 heterocycles. The van der Waals surface area contributed by atoms with E-state index in [9.17, 15) is 4.79 Å². The zero-order chi connectivity index (χ0) is 24.1. The second-order valence-corrected chi connectivity index (χ2v) is 8.63. The number of carbonyl (C=O) groups excluding carboxylic acids is 1. The topological polar surface area (TPSA) is 63.6 Å². The van der Waals surface area contributed by atoms with Crippen LogP contribution in [0.5, 0.6) is 5.75 Å². The monoisotopic (exact) mass is 451 g/mol. The minimum Gasteiger partial charge on any atom is -0.497 e. The molecule has 0 aliphatic rings. The first-order valence-electron chi connectivity index (χ1n) is 11.4. The molecule has 0 saturated heterocycles. The van der Waals surface area contributed by atoms with Crippen molar-refractivity contribution >= 4 is 23.0 Å². The third kappa shape index (κ3) is 5.15. The summed E-state index contributed by atoms with van der Waals surface area (Å²) in [4.78, 5) is 17.9. The maximum atomic E-state index is 13.1. The molecule has 4 rings (SSSR count). The van der Waals surface area contributed by atoms with E-state index in [1.54, 1.807) is 13.3 Å². The number of amides is 1. The van der Waals surface area contributed by atoms with Crippen LogP contribution in [0.4, 0.5) is 0 Å². The van der Waals surface area contributed by atoms with Crippen LogP contribution in [0, 0.1) is 0 Å². The lowest BCUT2D eigenvalue weighted by Crippen LogP contribution is -2.19. The number of hydrogen-bond acceptors (Lipinski definition) is 4. The first-order valence-corrected chi connectivity index (χ1v) is 11.4. The molecule has 4 aromatic rings. The van der Waals surface area contributed by atoms with E-state index in [4.69, 9.17) is 9.72 Å². The van der Waals surface area contributed by atoms with Crippen molar-refractivity contribution in [3.63, 3.8) is 0 Å². The molecule has 1 aromatic heterocycles. The fraction of sp³-hybridized carbons (Fsp3) is 0.207. The Morgan fingerprint density at radius 2 is 1.62 bits per heavy atom. The van der Waals surface area contributed by atoms with Crippen LogP contribution in [0.2, 0.25) is 0 Å². The first-order chi connectivity index (χ1) is 16.5. The molecule has 0 aliphatic heterocycles. The Morgan fingerprint density at radius 3 is 2.29 bits per heavy atom. The molecule has 1 amide bonds. The molecule has 1 unspecified atom stereocenters. The lowest BCUT2D eigenvalue weighted by atomic mass is 9.99. The molecule has 1 atom stereocenters. The number of rotatable bonds is 7. The van der Waals surface area contributed by atoms with E-state index in [-0.39, 0.29) is 11.8 Å². The predicted octanol–water partition coefficient (Wildman–Crippen LogP) is 6.55. The van der Waals surface area contributed by atoms with Crippen LogP contribution in [0.15, 0.2) is 84.0 Å². The molecular weight excluding hydrogens is 422 g/mol. The summed E-state index contributed by atoms with van der Waals surface area (Å²) in [6.45, 7) is 6.36. The Morgan fingerprint density at radius 1 is 0.941 bits per heavy atom. The molecule has 34 heavy (non-hydrogen) atoms. The minimum atomic E-state index is -0.267. The lowest BCUT2D eigenvalue weighted by molar-refractivity contribution is 0.0956. The molecule has 0 radical (unpaired) electrons. The maximum absolute atomic E-state index is 13.1. The zero-order valence-corrected chi connectivity index (χ0v) is 19.9. The smallest absolute Gasteiger partial charge is 0.272 e. The SMILES string of the molecule is COc1ccc(C(C)C=NNC(=O)c2cc(-c3ccc(C(C)C)cc3)nc3ccccc23)cc1. The highest BCUT2D eigenvalue weighted by atomic mass is 16.5. The molecule has 0 aliphatic carbocycles. The molecule has 0 saturated carbocycles. The van der Waals surface area contributed by atoms with Crippen molar-refractivity contribution in [2.75, 3.05) is 7.11 Å². The van der Waals surface area contributed by atoms with E-state index in [0.29, 0.717) is 11.5 Å². The Hall–Kier alpha value is -3.99. The maximum Gasteiger partial charge on any atom is 0.272 e. The van der Waals surface area contributed by atoms with Crippen LogP contribution in [-0.4, -0.2) is 24.2 Å². The lowest BCUT2D eigenvalue weighted by Gasteiger charge is -2.11. The fourth-order valence-corrected chi connectivity index (χ4v) is 3.81. The number of para-hydroxylation sites is 1. The molecule has 0 fully saturated rings. The van der Waals surface area contributed by atoms with Gasteiger partial charge in [-0.3, -0.25) is 4.79 Å². The largest absolute Gasteiger partial charge is 0.497 e. The molecule has 0 bridgehead atoms. The van der Waals surface area contributed by atoms with Crippen LogP contribution in [0.3, 0.4) is 0 Å². The number of benzene rings is 3. The van der Waals surface area contributed by atoms with Gasteiger partial charge in [0.25, 0.3) is 5.91 Å². The second-order valence-electron chi connectivity index (χ2n) is 8.63. The van der Waals surface area contributed by atoms with Crippen molar-refractivity contribution in [3.8, 4) is 17.0 Å². The molecule has 5 heteroatoms. The average Bonchev–Trinajstić information content (AvgIpc) is 2.88. The van der Waals surface area contributed by atoms with Gasteiger partial charge in [0.15, 0.2) is 0 Å². The highest BCUT2D eigenvalue weighted by molar-refractivity contribution is 6.07. The van der Waals surface area contributed by atoms with Crippen LogP contribution in [0.25, 0.3) is 22.2 Å². The van der Waals surface area contributed by atoms with Gasteiger partial charge in [-0.15, -0.1) is 0 Å². The number of fused-ring (bicyclic) bond motifs is 1. The fourth-order valence-electron chi connectivity index (χ4n) is 3.81. The molecular formula is C29H29N3O2. The van der Waals surface area contributed by atoms with Gasteiger partial charge >= 0.3 is 0 Å². The van der Waals surface area contributed by atoms with Gasteiger partial charge in [-0.1, -0.05) is 75.4 Å². The number of methoxy groups -OCH3 is 1. The van der Waals surface area contributed by atoms with Crippen molar-refractivity contribution in [2.45, 2.75) is 32.6 Å². The molecule has 3 aromatic carbocycles. The van der Waals surface area contributed by atoms with E-state index in [2.05, 4.69) is 48.6 Å². The minimum absolute atomic E-state index is 0.0374. The molecule has 172 valence electrons. The Balaban J connectivity index is 1.58. The summed E-state index contributed by atoms with van der Waals surface area (Å²) in [7, 11) is 1.64. The van der Waals surface area contributed by atoms with Crippen LogP contribution in [0.1, 0.15) is 54.1 Å². The van der Waals surface area contributed by atoms with Crippen molar-refractivity contribution in [3.05, 3.63) is 95.6 Å². The second kappa shape index (κ2) is 10.3. The number of pyridine rings is 1. The highest BCUT2D eigenvalue weighted by Gasteiger charge is 2.14. The highest BCUT2D eigenvalue weighted by Crippen LogP contribution is 2.26. The summed E-state index contributed by atoms with van der Waals surface area (Å²) in [6.07, 6.45) is 1.73. The van der Waals surface area contributed by atoms with E-state index in [1.807, 2.05) is 61.5 Å². The quantitative estimate of drug-likeness (QED) is 0.256. The van der Waals surface area contributed by atoms with Gasteiger partial charge in [-0.25, -0.2) is 10.4 Å². The molecule has 0 spiro atoms. The zero-order valence-electron chi connectivity index (χ0n) is 19.9. The predicted molar refractivity (Wildman–Crippen MR) is 139 cm³/mol. The van der Waals surface area contributed by atoms with Crippen LogP contribution in [-0.2, 0) is 0 Å².